The SMILES string of the molecule is CCCCCCCCSC1COC(C(=O)c2ccccc2)(C(=O)c2ccccc2)O1. The van der Waals surface area contributed by atoms with Crippen molar-refractivity contribution in [3.8, 4) is 0 Å². The normalized spacial score (nSPS) is 17.7. The van der Waals surface area contributed by atoms with Crippen LogP contribution < -0.4 is 0 Å². The van der Waals surface area contributed by atoms with Crippen molar-refractivity contribution >= 4 is 23.3 Å². The smallest absolute Gasteiger partial charge is 0.301 e. The van der Waals surface area contributed by atoms with Crippen molar-refractivity contribution in [2.75, 3.05) is 12.4 Å². The highest BCUT2D eigenvalue weighted by atomic mass is 32.2. The fraction of sp³-hybridized carbons (Fsp3) is 0.440. The second kappa shape index (κ2) is 11.4. The van der Waals surface area contributed by atoms with Crippen molar-refractivity contribution < 1.29 is 19.1 Å². The van der Waals surface area contributed by atoms with E-state index >= 15 is 0 Å². The third-order valence-corrected chi connectivity index (χ3v) is 6.32. The topological polar surface area (TPSA) is 52.6 Å². The summed E-state index contributed by atoms with van der Waals surface area (Å²) in [4.78, 5) is 26.7. The average molecular weight is 427 g/mol. The molecule has 5 heteroatoms. The molecule has 1 fully saturated rings. The first-order valence-electron chi connectivity index (χ1n) is 10.8. The van der Waals surface area contributed by atoms with E-state index in [-0.39, 0.29) is 12.0 Å². The Balaban J connectivity index is 1.68. The number of carbonyl (C=O) groups excluding carboxylic acids is 2. The Bertz CT molecular complexity index is 755. The molecule has 1 aliphatic heterocycles. The van der Waals surface area contributed by atoms with E-state index in [4.69, 9.17) is 9.47 Å². The Morgan fingerprint density at radius 2 is 1.40 bits per heavy atom. The van der Waals surface area contributed by atoms with Gasteiger partial charge in [0.05, 0.1) is 6.61 Å². The van der Waals surface area contributed by atoms with E-state index in [1.54, 1.807) is 60.3 Å². The number of ketones is 2. The van der Waals surface area contributed by atoms with Gasteiger partial charge in [0, 0.05) is 11.1 Å². The predicted octanol–water partition coefficient (Wildman–Crippen LogP) is 5.92. The van der Waals surface area contributed by atoms with Crippen LogP contribution >= 0.6 is 11.8 Å². The Hall–Kier alpha value is -1.95. The van der Waals surface area contributed by atoms with Crippen molar-refractivity contribution in [1.82, 2.24) is 0 Å². The molecular weight excluding hydrogens is 396 g/mol. The molecule has 0 spiro atoms. The van der Waals surface area contributed by atoms with Gasteiger partial charge >= 0.3 is 5.79 Å². The molecule has 0 N–H and O–H groups in total. The Morgan fingerprint density at radius 3 is 1.97 bits per heavy atom. The van der Waals surface area contributed by atoms with Crippen molar-refractivity contribution in [2.45, 2.75) is 56.7 Å². The summed E-state index contributed by atoms with van der Waals surface area (Å²) in [6.07, 6.45) is 7.36. The second-order valence-electron chi connectivity index (χ2n) is 7.50. The lowest BCUT2D eigenvalue weighted by Crippen LogP contribution is -2.48. The summed E-state index contributed by atoms with van der Waals surface area (Å²) in [5, 5.41) is 0. The second-order valence-corrected chi connectivity index (χ2v) is 8.77. The Morgan fingerprint density at radius 1 is 0.867 bits per heavy atom. The van der Waals surface area contributed by atoms with E-state index < -0.39 is 17.4 Å². The van der Waals surface area contributed by atoms with Crippen molar-refractivity contribution in [3.05, 3.63) is 71.8 Å². The van der Waals surface area contributed by atoms with Crippen LogP contribution in [0.15, 0.2) is 60.7 Å². The molecule has 2 aromatic rings. The summed E-state index contributed by atoms with van der Waals surface area (Å²) in [6.45, 7) is 2.44. The van der Waals surface area contributed by atoms with E-state index in [9.17, 15) is 9.59 Å². The zero-order valence-corrected chi connectivity index (χ0v) is 18.4. The van der Waals surface area contributed by atoms with Crippen LogP contribution in [-0.2, 0) is 9.47 Å². The van der Waals surface area contributed by atoms with Gasteiger partial charge in [-0.05, 0) is 12.2 Å². The zero-order valence-electron chi connectivity index (χ0n) is 17.5. The maximum Gasteiger partial charge on any atom is 0.301 e. The lowest BCUT2D eigenvalue weighted by Gasteiger charge is -2.25. The van der Waals surface area contributed by atoms with Crippen LogP contribution in [0.1, 0.15) is 66.2 Å². The van der Waals surface area contributed by atoms with Crippen molar-refractivity contribution in [1.29, 1.82) is 0 Å². The van der Waals surface area contributed by atoms with Crippen molar-refractivity contribution in [3.63, 3.8) is 0 Å². The molecule has 0 aliphatic carbocycles. The molecule has 1 saturated heterocycles. The standard InChI is InChI=1S/C25H30O4S/c1-2-3-4-5-6-13-18-30-22-19-28-25(29-22,23(26)20-14-9-7-10-15-20)24(27)21-16-11-8-12-17-21/h7-12,14-17,22H,2-6,13,18-19H2,1H3. The van der Waals surface area contributed by atoms with E-state index in [1.165, 1.54) is 32.1 Å². The van der Waals surface area contributed by atoms with E-state index in [1.807, 2.05) is 12.1 Å². The first-order chi connectivity index (χ1) is 14.7. The zero-order chi connectivity index (χ0) is 21.2. The van der Waals surface area contributed by atoms with Gasteiger partial charge < -0.3 is 9.47 Å². The van der Waals surface area contributed by atoms with Gasteiger partial charge in [0.2, 0.25) is 11.6 Å². The molecular formula is C25H30O4S. The summed E-state index contributed by atoms with van der Waals surface area (Å²) in [5.74, 6) is -1.88. The van der Waals surface area contributed by atoms with E-state index in [0.717, 1.165) is 12.2 Å². The van der Waals surface area contributed by atoms with Crippen LogP contribution in [0.3, 0.4) is 0 Å². The molecule has 0 aromatic heterocycles. The van der Waals surface area contributed by atoms with Crippen LogP contribution in [0.5, 0.6) is 0 Å². The molecule has 1 atom stereocenters. The molecule has 1 unspecified atom stereocenters. The monoisotopic (exact) mass is 426 g/mol. The molecule has 2 aromatic carbocycles. The van der Waals surface area contributed by atoms with Crippen LogP contribution in [0.2, 0.25) is 0 Å². The van der Waals surface area contributed by atoms with Gasteiger partial charge in [-0.25, -0.2) is 0 Å². The molecule has 1 heterocycles. The molecule has 4 nitrogen and oxygen atoms in total. The van der Waals surface area contributed by atoms with Gasteiger partial charge in [-0.3, -0.25) is 9.59 Å². The highest BCUT2D eigenvalue weighted by molar-refractivity contribution is 7.99. The van der Waals surface area contributed by atoms with Crippen LogP contribution in [0.4, 0.5) is 0 Å². The Labute approximate surface area is 183 Å². The first-order valence-corrected chi connectivity index (χ1v) is 11.9. The lowest BCUT2D eigenvalue weighted by atomic mass is 9.95. The fourth-order valence-electron chi connectivity index (χ4n) is 3.52. The minimum atomic E-state index is -1.92. The number of hydrogen-bond acceptors (Lipinski definition) is 5. The lowest BCUT2D eigenvalue weighted by molar-refractivity contribution is -0.0913. The molecule has 0 radical (unpaired) electrons. The summed E-state index contributed by atoms with van der Waals surface area (Å²) < 4.78 is 11.9. The maximum absolute atomic E-state index is 13.3. The van der Waals surface area contributed by atoms with Gasteiger partial charge in [0.15, 0.2) is 0 Å². The van der Waals surface area contributed by atoms with Gasteiger partial charge in [-0.1, -0.05) is 99.7 Å². The van der Waals surface area contributed by atoms with Gasteiger partial charge in [0.1, 0.15) is 5.44 Å². The third-order valence-electron chi connectivity index (χ3n) is 5.19. The van der Waals surface area contributed by atoms with Crippen LogP contribution in [0.25, 0.3) is 0 Å². The number of thioether (sulfide) groups is 1. The molecule has 160 valence electrons. The molecule has 0 bridgehead atoms. The number of benzene rings is 2. The Kier molecular flexibility index (Phi) is 8.67. The molecule has 30 heavy (non-hydrogen) atoms. The summed E-state index contributed by atoms with van der Waals surface area (Å²) in [7, 11) is 0. The number of ether oxygens (including phenoxy) is 2. The summed E-state index contributed by atoms with van der Waals surface area (Å²) >= 11 is 1.62. The number of rotatable bonds is 12. The van der Waals surface area contributed by atoms with Gasteiger partial charge in [-0.15, -0.1) is 11.8 Å². The predicted molar refractivity (Wildman–Crippen MR) is 121 cm³/mol. The minimum absolute atomic E-state index is 0.220. The average Bonchev–Trinajstić information content (AvgIpc) is 3.24. The number of hydrogen-bond donors (Lipinski definition) is 0. The van der Waals surface area contributed by atoms with Gasteiger partial charge in [-0.2, -0.15) is 0 Å². The quantitative estimate of drug-likeness (QED) is 0.240. The highest BCUT2D eigenvalue weighted by Crippen LogP contribution is 2.35. The largest absolute Gasteiger partial charge is 0.333 e. The number of Topliss-reactive ketones (excluding diaryl/α,β-unsaturated/α-hetero) is 2. The third kappa shape index (κ3) is 5.60. The number of carbonyl (C=O) groups is 2. The maximum atomic E-state index is 13.3. The fourth-order valence-corrected chi connectivity index (χ4v) is 4.52. The molecule has 3 rings (SSSR count). The summed E-state index contributed by atoms with van der Waals surface area (Å²) in [5.41, 5.74) is 0.479. The van der Waals surface area contributed by atoms with Crippen molar-refractivity contribution in [2.24, 2.45) is 0 Å². The number of unbranched alkanes of at least 4 members (excludes halogenated alkanes) is 5. The van der Waals surface area contributed by atoms with Crippen LogP contribution in [0, 0.1) is 0 Å². The molecule has 0 amide bonds. The molecule has 1 aliphatic rings. The van der Waals surface area contributed by atoms with Gasteiger partial charge in [0.25, 0.3) is 0 Å². The molecule has 0 saturated carbocycles. The highest BCUT2D eigenvalue weighted by Gasteiger charge is 2.55. The van der Waals surface area contributed by atoms with E-state index in [2.05, 4.69) is 6.92 Å². The first kappa shape index (κ1) is 22.7. The summed E-state index contributed by atoms with van der Waals surface area (Å²) in [6, 6.07) is 17.5. The minimum Gasteiger partial charge on any atom is -0.333 e. The van der Waals surface area contributed by atoms with E-state index in [0.29, 0.717) is 11.1 Å². The van der Waals surface area contributed by atoms with Crippen LogP contribution in [-0.4, -0.2) is 35.1 Å².